The van der Waals surface area contributed by atoms with Gasteiger partial charge in [0.05, 0.1) is 5.54 Å². The largest absolute Gasteiger partial charge is 0.480 e. The molecule has 0 bridgehead atoms. The monoisotopic (exact) mass is 301 g/mol. The van der Waals surface area contributed by atoms with Crippen LogP contribution in [0, 0.1) is 6.92 Å². The van der Waals surface area contributed by atoms with Crippen LogP contribution in [-0.2, 0) is 4.79 Å². The Morgan fingerprint density at radius 3 is 2.59 bits per heavy atom. The van der Waals surface area contributed by atoms with E-state index in [2.05, 4.69) is 63.8 Å². The third-order valence-electron chi connectivity index (χ3n) is 4.45. The van der Waals surface area contributed by atoms with Gasteiger partial charge in [-0.15, -0.1) is 0 Å². The normalized spacial score (nSPS) is 17.7. The van der Waals surface area contributed by atoms with Gasteiger partial charge in [-0.25, -0.2) is 4.79 Å². The number of rotatable bonds is 5. The van der Waals surface area contributed by atoms with E-state index in [-0.39, 0.29) is 5.54 Å². The molecule has 3 nitrogen and oxygen atoms in total. The highest BCUT2D eigenvalue weighted by Gasteiger charge is 2.38. The number of anilines is 1. The number of carboxylic acids is 1. The average molecular weight is 301 g/mol. The van der Waals surface area contributed by atoms with Gasteiger partial charge in [-0.3, -0.25) is 0 Å². The second-order valence-electron chi connectivity index (χ2n) is 6.87. The first-order valence-corrected chi connectivity index (χ1v) is 8.10. The van der Waals surface area contributed by atoms with Gasteiger partial charge in [-0.2, -0.15) is 0 Å². The summed E-state index contributed by atoms with van der Waals surface area (Å²) in [5, 5.41) is 9.77. The highest BCUT2D eigenvalue weighted by molar-refractivity contribution is 5.87. The van der Waals surface area contributed by atoms with E-state index in [0.717, 1.165) is 24.1 Å². The Morgan fingerprint density at radius 2 is 2.00 bits per heavy atom. The number of carboxylic acid groups (broad SMARTS) is 1. The molecule has 0 saturated carbocycles. The van der Waals surface area contributed by atoms with Crippen LogP contribution in [0.1, 0.15) is 58.1 Å². The molecule has 0 aromatic heterocycles. The number of aliphatic carboxylic acids is 1. The number of aryl methyl sites for hydroxylation is 1. The van der Waals surface area contributed by atoms with Crippen molar-refractivity contribution < 1.29 is 9.90 Å². The zero-order valence-electron chi connectivity index (χ0n) is 14.3. The lowest BCUT2D eigenvalue weighted by Crippen LogP contribution is -2.54. The van der Waals surface area contributed by atoms with E-state index in [1.54, 1.807) is 0 Å². The minimum absolute atomic E-state index is 0.302. The molecule has 0 radical (unpaired) electrons. The van der Waals surface area contributed by atoms with Crippen molar-refractivity contribution in [2.75, 3.05) is 4.90 Å². The predicted molar refractivity (Wildman–Crippen MR) is 92.3 cm³/mol. The van der Waals surface area contributed by atoms with E-state index in [1.165, 1.54) is 11.1 Å². The van der Waals surface area contributed by atoms with Crippen LogP contribution in [0.15, 0.2) is 24.3 Å². The molecule has 1 atom stereocenters. The number of unbranched alkanes of at least 4 members (excludes halogenated alkanes) is 1. The van der Waals surface area contributed by atoms with Gasteiger partial charge in [-0.05, 0) is 51.8 Å². The minimum atomic E-state index is -0.735. The molecule has 1 aliphatic rings. The third kappa shape index (κ3) is 3.03. The number of hydrogen-bond donors (Lipinski definition) is 1. The second-order valence-corrected chi connectivity index (χ2v) is 6.87. The summed E-state index contributed by atoms with van der Waals surface area (Å²) in [5.74, 6) is -0.735. The van der Waals surface area contributed by atoms with Gasteiger partial charge in [0.1, 0.15) is 6.04 Å². The van der Waals surface area contributed by atoms with Gasteiger partial charge < -0.3 is 10.0 Å². The van der Waals surface area contributed by atoms with Crippen LogP contribution in [0.5, 0.6) is 0 Å². The summed E-state index contributed by atoms with van der Waals surface area (Å²) in [4.78, 5) is 14.0. The number of fused-ring (bicyclic) bond motifs is 1. The van der Waals surface area contributed by atoms with Gasteiger partial charge >= 0.3 is 5.97 Å². The van der Waals surface area contributed by atoms with E-state index in [4.69, 9.17) is 0 Å². The smallest absolute Gasteiger partial charge is 0.326 e. The lowest BCUT2D eigenvalue weighted by molar-refractivity contribution is -0.139. The van der Waals surface area contributed by atoms with Crippen molar-refractivity contribution in [3.8, 4) is 0 Å². The maximum atomic E-state index is 11.9. The van der Waals surface area contributed by atoms with E-state index in [0.29, 0.717) is 6.42 Å². The molecule has 2 rings (SSSR count). The van der Waals surface area contributed by atoms with Crippen molar-refractivity contribution in [1.82, 2.24) is 0 Å². The summed E-state index contributed by atoms with van der Waals surface area (Å²) >= 11 is 0. The van der Waals surface area contributed by atoms with Gasteiger partial charge in [0.2, 0.25) is 0 Å². The minimum Gasteiger partial charge on any atom is -0.480 e. The van der Waals surface area contributed by atoms with E-state index in [9.17, 15) is 9.90 Å². The van der Waals surface area contributed by atoms with Crippen LogP contribution in [0.25, 0.3) is 5.57 Å². The second kappa shape index (κ2) is 6.15. The predicted octanol–water partition coefficient (Wildman–Crippen LogP) is 4.64. The molecule has 1 N–H and O–H groups in total. The number of nitrogens with zero attached hydrogens (tertiary/aromatic N) is 1. The highest BCUT2D eigenvalue weighted by atomic mass is 16.4. The molecule has 0 fully saturated rings. The van der Waals surface area contributed by atoms with Gasteiger partial charge in [0.25, 0.3) is 0 Å². The van der Waals surface area contributed by atoms with E-state index < -0.39 is 12.0 Å². The lowest BCUT2D eigenvalue weighted by Gasteiger charge is -2.46. The average Bonchev–Trinajstić information content (AvgIpc) is 2.41. The quantitative estimate of drug-likeness (QED) is 0.861. The summed E-state index contributed by atoms with van der Waals surface area (Å²) in [6, 6.07) is 5.81. The Hall–Kier alpha value is -1.77. The summed E-state index contributed by atoms with van der Waals surface area (Å²) < 4.78 is 0. The van der Waals surface area contributed by atoms with Gasteiger partial charge in [0.15, 0.2) is 0 Å². The van der Waals surface area contributed by atoms with Crippen molar-refractivity contribution in [2.24, 2.45) is 0 Å². The Balaban J connectivity index is 2.55. The molecular weight excluding hydrogens is 274 g/mol. The van der Waals surface area contributed by atoms with Gasteiger partial charge in [-0.1, -0.05) is 37.5 Å². The van der Waals surface area contributed by atoms with Crippen LogP contribution in [0.2, 0.25) is 0 Å². The van der Waals surface area contributed by atoms with Crippen molar-refractivity contribution in [3.05, 3.63) is 35.4 Å². The fraction of sp³-hybridized carbons (Fsp3) is 0.526. The first-order chi connectivity index (χ1) is 10.3. The third-order valence-corrected chi connectivity index (χ3v) is 4.45. The summed E-state index contributed by atoms with van der Waals surface area (Å²) in [5.41, 5.74) is 4.32. The molecule has 1 aromatic rings. The molecule has 0 saturated heterocycles. The topological polar surface area (TPSA) is 40.5 Å². The molecule has 0 aliphatic carbocycles. The van der Waals surface area contributed by atoms with Crippen molar-refractivity contribution in [1.29, 1.82) is 0 Å². The van der Waals surface area contributed by atoms with Crippen molar-refractivity contribution >= 4 is 17.2 Å². The highest BCUT2D eigenvalue weighted by Crippen LogP contribution is 2.41. The van der Waals surface area contributed by atoms with E-state index >= 15 is 0 Å². The van der Waals surface area contributed by atoms with Crippen LogP contribution in [0.4, 0.5) is 5.69 Å². The van der Waals surface area contributed by atoms with Crippen molar-refractivity contribution in [3.63, 3.8) is 0 Å². The fourth-order valence-electron chi connectivity index (χ4n) is 3.49. The molecule has 3 heteroatoms. The number of hydrogen-bond acceptors (Lipinski definition) is 2. The summed E-state index contributed by atoms with van der Waals surface area (Å²) in [6.45, 7) is 10.5. The molecule has 0 amide bonds. The fourth-order valence-corrected chi connectivity index (χ4v) is 3.49. The van der Waals surface area contributed by atoms with Gasteiger partial charge in [0, 0.05) is 11.3 Å². The van der Waals surface area contributed by atoms with Crippen LogP contribution < -0.4 is 4.90 Å². The van der Waals surface area contributed by atoms with Crippen molar-refractivity contribution in [2.45, 2.75) is 65.5 Å². The molecule has 0 spiro atoms. The SMILES string of the molecule is CCCCC(C(=O)O)N1c2ccc(C)cc2C(C)=CC1(C)C. The maximum absolute atomic E-state index is 11.9. The Morgan fingerprint density at radius 1 is 1.32 bits per heavy atom. The molecule has 1 heterocycles. The molecule has 1 aliphatic heterocycles. The van der Waals surface area contributed by atoms with Crippen LogP contribution >= 0.6 is 0 Å². The van der Waals surface area contributed by atoms with Crippen LogP contribution in [0.3, 0.4) is 0 Å². The maximum Gasteiger partial charge on any atom is 0.326 e. The van der Waals surface area contributed by atoms with E-state index in [1.807, 2.05) is 0 Å². The first-order valence-electron chi connectivity index (χ1n) is 8.10. The van der Waals surface area contributed by atoms with Crippen LogP contribution in [-0.4, -0.2) is 22.7 Å². The Kier molecular flexibility index (Phi) is 4.64. The first kappa shape index (κ1) is 16.6. The number of carbonyl (C=O) groups is 1. The molecular formula is C19H27NO2. The Labute approximate surface area is 133 Å². The molecule has 120 valence electrons. The zero-order chi connectivity index (χ0) is 16.5. The Bertz CT molecular complexity index is 601. The molecule has 1 aromatic carbocycles. The standard InChI is InChI=1S/C19H27NO2/c1-6-7-8-17(18(21)22)20-16-10-9-13(2)11-15(16)14(3)12-19(20,4)5/h9-12,17H,6-8H2,1-5H3,(H,21,22). The summed E-state index contributed by atoms with van der Waals surface area (Å²) in [6.07, 6.45) is 4.80. The molecule has 22 heavy (non-hydrogen) atoms. The molecule has 1 unspecified atom stereocenters. The number of allylic oxidation sites excluding steroid dienone is 1. The number of benzene rings is 1. The zero-order valence-corrected chi connectivity index (χ0v) is 14.3. The summed E-state index contributed by atoms with van der Waals surface area (Å²) in [7, 11) is 0. The lowest BCUT2D eigenvalue weighted by atomic mass is 9.86.